The molecule has 13 heavy (non-hydrogen) atoms. The molecule has 0 aliphatic rings. The van der Waals surface area contributed by atoms with Crippen LogP contribution in [0, 0.1) is 5.92 Å². The van der Waals surface area contributed by atoms with E-state index in [1.54, 1.807) is 20.8 Å². The summed E-state index contributed by atoms with van der Waals surface area (Å²) in [6.07, 6.45) is 0.812. The SMILES string of the molecule is COC(C)/C(O)=C/C(=O)C(C)C.[Ir]. The van der Waals surface area contributed by atoms with E-state index < -0.39 is 6.10 Å². The first-order valence-corrected chi connectivity index (χ1v) is 3.96. The van der Waals surface area contributed by atoms with Crippen LogP contribution in [0.1, 0.15) is 20.8 Å². The number of ketones is 1. The maximum absolute atomic E-state index is 11.1. The zero-order valence-electron chi connectivity index (χ0n) is 8.33. The summed E-state index contributed by atoms with van der Waals surface area (Å²) in [5.74, 6) is -0.191. The number of methoxy groups -OCH3 is 1. The summed E-state index contributed by atoms with van der Waals surface area (Å²) in [7, 11) is 1.48. The molecule has 79 valence electrons. The molecule has 0 rings (SSSR count). The fourth-order valence-electron chi connectivity index (χ4n) is 0.551. The first-order chi connectivity index (χ1) is 5.49. The molecule has 4 heteroatoms. The Bertz CT molecular complexity index is 187. The van der Waals surface area contributed by atoms with Gasteiger partial charge in [0.05, 0.1) is 0 Å². The molecule has 0 spiro atoms. The van der Waals surface area contributed by atoms with Crippen molar-refractivity contribution in [3.05, 3.63) is 11.8 Å². The Balaban J connectivity index is 0. The van der Waals surface area contributed by atoms with Crippen molar-refractivity contribution < 1.29 is 34.7 Å². The van der Waals surface area contributed by atoms with E-state index in [0.29, 0.717) is 0 Å². The predicted molar refractivity (Wildman–Crippen MR) is 47.0 cm³/mol. The smallest absolute Gasteiger partial charge is 0.161 e. The van der Waals surface area contributed by atoms with Crippen LogP contribution in [0.2, 0.25) is 0 Å². The molecule has 0 aromatic rings. The number of ether oxygens (including phenoxy) is 1. The fraction of sp³-hybridized carbons (Fsp3) is 0.667. The summed E-state index contributed by atoms with van der Waals surface area (Å²) < 4.78 is 4.82. The third kappa shape index (κ3) is 5.97. The van der Waals surface area contributed by atoms with Crippen LogP contribution in [0.15, 0.2) is 11.8 Å². The molecule has 0 fully saturated rings. The second-order valence-electron chi connectivity index (χ2n) is 3.00. The Kier molecular flexibility index (Phi) is 8.53. The maximum atomic E-state index is 11.1. The van der Waals surface area contributed by atoms with Crippen LogP contribution in [0.5, 0.6) is 0 Å². The normalized spacial score (nSPS) is 13.8. The average molecular weight is 364 g/mol. The third-order valence-electron chi connectivity index (χ3n) is 1.63. The van der Waals surface area contributed by atoms with Gasteiger partial charge in [-0.25, -0.2) is 0 Å². The average Bonchev–Trinajstić information content (AvgIpc) is 2.02. The number of carbonyl (C=O) groups excluding carboxylic acids is 1. The van der Waals surface area contributed by atoms with Crippen molar-refractivity contribution in [1.82, 2.24) is 0 Å². The van der Waals surface area contributed by atoms with E-state index in [4.69, 9.17) is 4.74 Å². The Morgan fingerprint density at radius 2 is 1.85 bits per heavy atom. The van der Waals surface area contributed by atoms with Gasteiger partial charge in [0.2, 0.25) is 0 Å². The monoisotopic (exact) mass is 365 g/mol. The minimum Gasteiger partial charge on any atom is -0.509 e. The molecule has 0 bridgehead atoms. The number of rotatable bonds is 4. The minimum atomic E-state index is -0.410. The molecule has 0 saturated heterocycles. The van der Waals surface area contributed by atoms with Crippen LogP contribution >= 0.6 is 0 Å². The number of hydrogen-bond acceptors (Lipinski definition) is 3. The number of aliphatic hydroxyl groups excluding tert-OH is 1. The standard InChI is InChI=1S/C9H16O3.Ir/c1-6(2)8(10)5-9(11)7(3)12-4;/h5-7,11H,1-4H3;/b9-5-;. The van der Waals surface area contributed by atoms with E-state index in [-0.39, 0.29) is 37.6 Å². The van der Waals surface area contributed by atoms with E-state index >= 15 is 0 Å². The molecule has 1 unspecified atom stereocenters. The number of aliphatic hydroxyl groups is 1. The molecule has 0 heterocycles. The second kappa shape index (κ2) is 7.24. The molecule has 0 aliphatic carbocycles. The maximum Gasteiger partial charge on any atom is 0.161 e. The largest absolute Gasteiger partial charge is 0.509 e. The van der Waals surface area contributed by atoms with Gasteiger partial charge in [-0.05, 0) is 6.92 Å². The molecule has 0 saturated carbocycles. The topological polar surface area (TPSA) is 46.5 Å². The van der Waals surface area contributed by atoms with Crippen LogP contribution in [-0.2, 0) is 29.6 Å². The third-order valence-corrected chi connectivity index (χ3v) is 1.63. The van der Waals surface area contributed by atoms with Crippen molar-refractivity contribution >= 4 is 5.78 Å². The quantitative estimate of drug-likeness (QED) is 0.610. The fourth-order valence-corrected chi connectivity index (χ4v) is 0.551. The summed E-state index contributed by atoms with van der Waals surface area (Å²) in [4.78, 5) is 11.1. The van der Waals surface area contributed by atoms with Crippen LogP contribution < -0.4 is 0 Å². The van der Waals surface area contributed by atoms with Gasteiger partial charge in [-0.3, -0.25) is 4.79 Å². The van der Waals surface area contributed by atoms with Crippen LogP contribution in [-0.4, -0.2) is 24.1 Å². The van der Waals surface area contributed by atoms with Gasteiger partial charge in [0.25, 0.3) is 0 Å². The molecule has 1 radical (unpaired) electrons. The van der Waals surface area contributed by atoms with E-state index in [9.17, 15) is 9.90 Å². The van der Waals surface area contributed by atoms with Gasteiger partial charge in [0.1, 0.15) is 11.9 Å². The molecule has 1 atom stereocenters. The number of allylic oxidation sites excluding steroid dienone is 1. The van der Waals surface area contributed by atoms with Crippen LogP contribution in [0.4, 0.5) is 0 Å². The molecule has 3 nitrogen and oxygen atoms in total. The zero-order valence-corrected chi connectivity index (χ0v) is 10.7. The van der Waals surface area contributed by atoms with Crippen molar-refractivity contribution in [2.24, 2.45) is 5.92 Å². The molecule has 0 aromatic heterocycles. The van der Waals surface area contributed by atoms with Gasteiger partial charge in [0.15, 0.2) is 5.78 Å². The predicted octanol–water partition coefficient (Wildman–Crippen LogP) is 1.69. The summed E-state index contributed by atoms with van der Waals surface area (Å²) >= 11 is 0. The van der Waals surface area contributed by atoms with Crippen molar-refractivity contribution in [3.8, 4) is 0 Å². The molecule has 0 amide bonds. The van der Waals surface area contributed by atoms with Gasteiger partial charge >= 0.3 is 0 Å². The van der Waals surface area contributed by atoms with Crippen molar-refractivity contribution in [2.75, 3.05) is 7.11 Å². The van der Waals surface area contributed by atoms with Gasteiger partial charge in [-0.2, -0.15) is 0 Å². The number of carbonyl (C=O) groups is 1. The van der Waals surface area contributed by atoms with Crippen LogP contribution in [0.3, 0.4) is 0 Å². The number of hydrogen-bond donors (Lipinski definition) is 1. The summed E-state index contributed by atoms with van der Waals surface area (Å²) in [5.41, 5.74) is 0. The van der Waals surface area contributed by atoms with Gasteiger partial charge in [0, 0.05) is 39.2 Å². The van der Waals surface area contributed by atoms with Crippen molar-refractivity contribution in [2.45, 2.75) is 26.9 Å². The van der Waals surface area contributed by atoms with Gasteiger partial charge < -0.3 is 9.84 Å². The Labute approximate surface area is 92.5 Å². The van der Waals surface area contributed by atoms with Crippen LogP contribution in [0.25, 0.3) is 0 Å². The first-order valence-electron chi connectivity index (χ1n) is 3.96. The first kappa shape index (κ1) is 15.3. The Morgan fingerprint density at radius 3 is 2.15 bits per heavy atom. The van der Waals surface area contributed by atoms with Crippen molar-refractivity contribution in [3.63, 3.8) is 0 Å². The van der Waals surface area contributed by atoms with E-state index in [1.165, 1.54) is 13.2 Å². The molecular weight excluding hydrogens is 348 g/mol. The van der Waals surface area contributed by atoms with Gasteiger partial charge in [-0.1, -0.05) is 13.8 Å². The molecule has 0 aliphatic heterocycles. The van der Waals surface area contributed by atoms with E-state index in [1.807, 2.05) is 0 Å². The second-order valence-corrected chi connectivity index (χ2v) is 3.00. The van der Waals surface area contributed by atoms with E-state index in [2.05, 4.69) is 0 Å². The van der Waals surface area contributed by atoms with Crippen molar-refractivity contribution in [1.29, 1.82) is 0 Å². The molecule has 0 aromatic carbocycles. The Morgan fingerprint density at radius 1 is 1.38 bits per heavy atom. The Hall–Kier alpha value is -0.181. The summed E-state index contributed by atoms with van der Waals surface area (Å²) in [6, 6.07) is 0. The zero-order chi connectivity index (χ0) is 9.72. The molecular formula is C9H16IrO3. The summed E-state index contributed by atoms with van der Waals surface area (Å²) in [6.45, 7) is 5.24. The van der Waals surface area contributed by atoms with Gasteiger partial charge in [-0.15, -0.1) is 0 Å². The molecule has 1 N–H and O–H groups in total. The minimum absolute atomic E-state index is 0. The summed E-state index contributed by atoms with van der Waals surface area (Å²) in [5, 5.41) is 9.25. The van der Waals surface area contributed by atoms with E-state index in [0.717, 1.165) is 0 Å².